The standard InChI is InChI=1S/C13H17ClN2O2/c1-13(6-3-7-15-13)12(17)16-9-4-5-10(14)11(8-9)18-2/h4-5,8,15H,3,6-7H2,1-2H3,(H,16,17). The highest BCUT2D eigenvalue weighted by Gasteiger charge is 2.35. The van der Waals surface area contributed by atoms with Gasteiger partial charge in [0.15, 0.2) is 0 Å². The first-order valence-corrected chi connectivity index (χ1v) is 6.33. The molecule has 4 nitrogen and oxygen atoms in total. The number of anilines is 1. The lowest BCUT2D eigenvalue weighted by molar-refractivity contribution is -0.121. The number of benzene rings is 1. The molecule has 1 unspecified atom stereocenters. The number of halogens is 1. The third-order valence-electron chi connectivity index (χ3n) is 3.28. The fourth-order valence-electron chi connectivity index (χ4n) is 2.09. The molecule has 1 aromatic carbocycles. The summed E-state index contributed by atoms with van der Waals surface area (Å²) in [5.41, 5.74) is 0.212. The molecule has 1 amide bonds. The van der Waals surface area contributed by atoms with Crippen LogP contribution in [0.4, 0.5) is 5.69 Å². The van der Waals surface area contributed by atoms with Crippen molar-refractivity contribution >= 4 is 23.2 Å². The minimum absolute atomic E-state index is 0.0237. The van der Waals surface area contributed by atoms with Crippen molar-refractivity contribution in [3.8, 4) is 5.75 Å². The zero-order valence-electron chi connectivity index (χ0n) is 10.5. The van der Waals surface area contributed by atoms with E-state index in [0.29, 0.717) is 16.5 Å². The molecule has 2 N–H and O–H groups in total. The van der Waals surface area contributed by atoms with Gasteiger partial charge in [-0.25, -0.2) is 0 Å². The van der Waals surface area contributed by atoms with Gasteiger partial charge in [-0.05, 0) is 38.4 Å². The van der Waals surface area contributed by atoms with Crippen molar-refractivity contribution in [2.45, 2.75) is 25.3 Å². The van der Waals surface area contributed by atoms with E-state index in [1.54, 1.807) is 25.3 Å². The fraction of sp³-hybridized carbons (Fsp3) is 0.462. The Morgan fingerprint density at radius 2 is 2.33 bits per heavy atom. The normalized spacial score (nSPS) is 22.8. The summed E-state index contributed by atoms with van der Waals surface area (Å²) >= 11 is 5.94. The highest BCUT2D eigenvalue weighted by molar-refractivity contribution is 6.32. The fourth-order valence-corrected chi connectivity index (χ4v) is 2.29. The maximum atomic E-state index is 12.2. The van der Waals surface area contributed by atoms with Crippen LogP contribution in [0.1, 0.15) is 19.8 Å². The number of carbonyl (C=O) groups excluding carboxylic acids is 1. The Balaban J connectivity index is 2.11. The first kappa shape index (κ1) is 13.2. The van der Waals surface area contributed by atoms with E-state index in [1.165, 1.54) is 0 Å². The van der Waals surface area contributed by atoms with E-state index >= 15 is 0 Å². The van der Waals surface area contributed by atoms with Crippen molar-refractivity contribution in [1.29, 1.82) is 0 Å². The lowest BCUT2D eigenvalue weighted by Crippen LogP contribution is -2.47. The average molecular weight is 269 g/mol. The summed E-state index contributed by atoms with van der Waals surface area (Å²) in [6, 6.07) is 5.19. The molecule has 0 aromatic heterocycles. The number of ether oxygens (including phenoxy) is 1. The van der Waals surface area contributed by atoms with E-state index < -0.39 is 5.54 Å². The summed E-state index contributed by atoms with van der Waals surface area (Å²) < 4.78 is 5.12. The SMILES string of the molecule is COc1cc(NC(=O)C2(C)CCCN2)ccc1Cl. The van der Waals surface area contributed by atoms with Crippen LogP contribution in [0.2, 0.25) is 5.02 Å². The number of carbonyl (C=O) groups is 1. The third kappa shape index (κ3) is 2.60. The first-order chi connectivity index (χ1) is 8.55. The minimum Gasteiger partial charge on any atom is -0.495 e. The minimum atomic E-state index is -0.479. The average Bonchev–Trinajstić information content (AvgIpc) is 2.80. The Morgan fingerprint density at radius 1 is 1.56 bits per heavy atom. The van der Waals surface area contributed by atoms with Crippen molar-refractivity contribution in [2.75, 3.05) is 19.0 Å². The molecule has 1 aromatic rings. The topological polar surface area (TPSA) is 50.4 Å². The number of hydrogen-bond donors (Lipinski definition) is 2. The van der Waals surface area contributed by atoms with Gasteiger partial charge in [-0.2, -0.15) is 0 Å². The highest BCUT2D eigenvalue weighted by Crippen LogP contribution is 2.28. The molecule has 1 fully saturated rings. The number of nitrogens with one attached hydrogen (secondary N) is 2. The van der Waals surface area contributed by atoms with Gasteiger partial charge >= 0.3 is 0 Å². The van der Waals surface area contributed by atoms with Crippen LogP contribution in [0, 0.1) is 0 Å². The largest absolute Gasteiger partial charge is 0.495 e. The Morgan fingerprint density at radius 3 is 2.94 bits per heavy atom. The molecule has 0 saturated carbocycles. The monoisotopic (exact) mass is 268 g/mol. The molecular formula is C13H17ClN2O2. The zero-order valence-corrected chi connectivity index (χ0v) is 11.3. The Labute approximate surface area is 112 Å². The van der Waals surface area contributed by atoms with Gasteiger partial charge in [-0.1, -0.05) is 11.6 Å². The predicted octanol–water partition coefficient (Wildman–Crippen LogP) is 2.43. The Hall–Kier alpha value is -1.26. The van der Waals surface area contributed by atoms with Crippen LogP contribution in [-0.4, -0.2) is 25.1 Å². The molecule has 98 valence electrons. The van der Waals surface area contributed by atoms with E-state index in [4.69, 9.17) is 16.3 Å². The van der Waals surface area contributed by atoms with Gasteiger partial charge in [0, 0.05) is 11.8 Å². The Kier molecular flexibility index (Phi) is 3.78. The van der Waals surface area contributed by atoms with Crippen molar-refractivity contribution in [1.82, 2.24) is 5.32 Å². The smallest absolute Gasteiger partial charge is 0.244 e. The van der Waals surface area contributed by atoms with Gasteiger partial charge in [0.1, 0.15) is 5.75 Å². The second kappa shape index (κ2) is 5.16. The molecule has 0 radical (unpaired) electrons. The summed E-state index contributed by atoms with van der Waals surface area (Å²) in [7, 11) is 1.55. The highest BCUT2D eigenvalue weighted by atomic mass is 35.5. The van der Waals surface area contributed by atoms with E-state index in [1.807, 2.05) is 6.92 Å². The molecule has 1 aliphatic heterocycles. The van der Waals surface area contributed by atoms with Crippen LogP contribution >= 0.6 is 11.6 Å². The predicted molar refractivity (Wildman–Crippen MR) is 72.3 cm³/mol. The quantitative estimate of drug-likeness (QED) is 0.885. The summed E-state index contributed by atoms with van der Waals surface area (Å²) in [6.45, 7) is 2.80. The van der Waals surface area contributed by atoms with Crippen LogP contribution in [0.25, 0.3) is 0 Å². The summed E-state index contributed by atoms with van der Waals surface area (Å²) in [4.78, 5) is 12.2. The van der Waals surface area contributed by atoms with Crippen LogP contribution in [0.3, 0.4) is 0 Å². The van der Waals surface area contributed by atoms with Gasteiger partial charge in [0.2, 0.25) is 5.91 Å². The lowest BCUT2D eigenvalue weighted by atomic mass is 9.99. The van der Waals surface area contributed by atoms with Crippen LogP contribution in [0.5, 0.6) is 5.75 Å². The number of hydrogen-bond acceptors (Lipinski definition) is 3. The first-order valence-electron chi connectivity index (χ1n) is 5.95. The molecule has 1 saturated heterocycles. The molecule has 0 spiro atoms. The summed E-state index contributed by atoms with van der Waals surface area (Å²) in [5.74, 6) is 0.531. The molecule has 2 rings (SSSR count). The van der Waals surface area contributed by atoms with Gasteiger partial charge in [-0.3, -0.25) is 4.79 Å². The molecular weight excluding hydrogens is 252 g/mol. The van der Waals surface area contributed by atoms with Crippen molar-refractivity contribution in [2.24, 2.45) is 0 Å². The second-order valence-corrected chi connectivity index (χ2v) is 5.07. The molecule has 18 heavy (non-hydrogen) atoms. The molecule has 0 aliphatic carbocycles. The van der Waals surface area contributed by atoms with E-state index in [0.717, 1.165) is 19.4 Å². The van der Waals surface area contributed by atoms with Crippen molar-refractivity contribution in [3.05, 3.63) is 23.2 Å². The molecule has 1 aliphatic rings. The van der Waals surface area contributed by atoms with Gasteiger partial charge < -0.3 is 15.4 Å². The van der Waals surface area contributed by atoms with Gasteiger partial charge in [0.25, 0.3) is 0 Å². The summed E-state index contributed by atoms with van der Waals surface area (Å²) in [6.07, 6.45) is 1.87. The Bertz CT molecular complexity index is 456. The van der Waals surface area contributed by atoms with Crippen LogP contribution < -0.4 is 15.4 Å². The molecule has 1 heterocycles. The maximum Gasteiger partial charge on any atom is 0.244 e. The zero-order chi connectivity index (χ0) is 13.2. The lowest BCUT2D eigenvalue weighted by Gasteiger charge is -2.23. The number of rotatable bonds is 3. The van der Waals surface area contributed by atoms with E-state index in [2.05, 4.69) is 10.6 Å². The number of methoxy groups -OCH3 is 1. The molecule has 0 bridgehead atoms. The number of amides is 1. The van der Waals surface area contributed by atoms with Gasteiger partial charge in [-0.15, -0.1) is 0 Å². The van der Waals surface area contributed by atoms with Gasteiger partial charge in [0.05, 0.1) is 17.7 Å². The molecule has 5 heteroatoms. The van der Waals surface area contributed by atoms with E-state index in [9.17, 15) is 4.79 Å². The molecule has 1 atom stereocenters. The summed E-state index contributed by atoms with van der Waals surface area (Å²) in [5, 5.41) is 6.64. The van der Waals surface area contributed by atoms with Crippen molar-refractivity contribution < 1.29 is 9.53 Å². The third-order valence-corrected chi connectivity index (χ3v) is 3.59. The van der Waals surface area contributed by atoms with E-state index in [-0.39, 0.29) is 5.91 Å². The maximum absolute atomic E-state index is 12.2. The van der Waals surface area contributed by atoms with Crippen LogP contribution in [0.15, 0.2) is 18.2 Å². The second-order valence-electron chi connectivity index (χ2n) is 4.67. The van der Waals surface area contributed by atoms with Crippen LogP contribution in [-0.2, 0) is 4.79 Å². The van der Waals surface area contributed by atoms with Crippen molar-refractivity contribution in [3.63, 3.8) is 0 Å².